The Balaban J connectivity index is 2.29. The van der Waals surface area contributed by atoms with E-state index in [2.05, 4.69) is 23.7 Å². The van der Waals surface area contributed by atoms with Gasteiger partial charge in [-0.1, -0.05) is 0 Å². The van der Waals surface area contributed by atoms with Gasteiger partial charge in [0, 0.05) is 23.1 Å². The van der Waals surface area contributed by atoms with Gasteiger partial charge >= 0.3 is 0 Å². The van der Waals surface area contributed by atoms with Gasteiger partial charge in [-0.3, -0.25) is 4.79 Å². The number of nitriles is 1. The van der Waals surface area contributed by atoms with Crippen LogP contribution in [0.25, 0.3) is 6.08 Å². The Bertz CT molecular complexity index is 822. The second kappa shape index (κ2) is 7.05. The summed E-state index contributed by atoms with van der Waals surface area (Å²) in [5, 5.41) is 21.3. The third-order valence-corrected chi connectivity index (χ3v) is 3.83. The van der Waals surface area contributed by atoms with Gasteiger partial charge in [-0.15, -0.1) is 0 Å². The number of amides is 1. The monoisotopic (exact) mass is 323 g/mol. The average molecular weight is 323 g/mol. The predicted molar refractivity (Wildman–Crippen MR) is 94.6 cm³/mol. The number of phenolic OH excluding ortho intramolecular Hbond substituents is 1. The molecule has 1 heterocycles. The summed E-state index contributed by atoms with van der Waals surface area (Å²) < 4.78 is 2.17. The molecule has 2 rings (SSSR count). The van der Waals surface area contributed by atoms with Crippen LogP contribution in [0.1, 0.15) is 36.8 Å². The van der Waals surface area contributed by atoms with Crippen molar-refractivity contribution in [3.8, 4) is 11.8 Å². The van der Waals surface area contributed by atoms with E-state index in [4.69, 9.17) is 0 Å². The number of phenols is 1. The minimum absolute atomic E-state index is 0.0343. The molecule has 1 aromatic carbocycles. The maximum atomic E-state index is 12.3. The van der Waals surface area contributed by atoms with Gasteiger partial charge in [0.1, 0.15) is 17.4 Å². The standard InChI is InChI=1S/C19H21N3O2/c1-12(2)22-13(3)9-15(14(22)4)10-16(11-20)19(24)21-17-5-7-18(23)8-6-17/h5-10,12,23H,1-4H3,(H,21,24). The molecule has 0 saturated carbocycles. The summed E-state index contributed by atoms with van der Waals surface area (Å²) in [7, 11) is 0. The highest BCUT2D eigenvalue weighted by atomic mass is 16.3. The van der Waals surface area contributed by atoms with Crippen LogP contribution >= 0.6 is 0 Å². The summed E-state index contributed by atoms with van der Waals surface area (Å²) in [6.45, 7) is 8.17. The minimum atomic E-state index is -0.475. The van der Waals surface area contributed by atoms with Gasteiger partial charge < -0.3 is 15.0 Å². The number of aromatic nitrogens is 1. The number of anilines is 1. The molecule has 1 aromatic heterocycles. The average Bonchev–Trinajstić information content (AvgIpc) is 2.81. The van der Waals surface area contributed by atoms with E-state index in [1.165, 1.54) is 12.1 Å². The molecule has 0 aliphatic rings. The van der Waals surface area contributed by atoms with Crippen molar-refractivity contribution >= 4 is 17.7 Å². The third kappa shape index (κ3) is 3.66. The highest BCUT2D eigenvalue weighted by Crippen LogP contribution is 2.22. The predicted octanol–water partition coefficient (Wildman–Crippen LogP) is 3.94. The fraction of sp³-hybridized carbons (Fsp3) is 0.263. The number of aryl methyl sites for hydroxylation is 1. The molecule has 0 aliphatic carbocycles. The molecule has 0 bridgehead atoms. The van der Waals surface area contributed by atoms with Gasteiger partial charge in [0.15, 0.2) is 0 Å². The first-order chi connectivity index (χ1) is 11.3. The van der Waals surface area contributed by atoms with E-state index < -0.39 is 5.91 Å². The number of nitrogens with zero attached hydrogens (tertiary/aromatic N) is 2. The molecule has 0 aliphatic heterocycles. The Morgan fingerprint density at radius 3 is 2.42 bits per heavy atom. The van der Waals surface area contributed by atoms with Crippen LogP contribution in [0.2, 0.25) is 0 Å². The minimum Gasteiger partial charge on any atom is -0.508 e. The number of carbonyl (C=O) groups excluding carboxylic acids is 1. The molecule has 24 heavy (non-hydrogen) atoms. The van der Waals surface area contributed by atoms with Crippen molar-refractivity contribution in [1.82, 2.24) is 4.57 Å². The SMILES string of the molecule is Cc1cc(C=C(C#N)C(=O)Nc2ccc(O)cc2)c(C)n1C(C)C. The lowest BCUT2D eigenvalue weighted by atomic mass is 10.1. The molecule has 0 spiro atoms. The molecule has 0 radical (unpaired) electrons. The molecule has 0 atom stereocenters. The highest BCUT2D eigenvalue weighted by molar-refractivity contribution is 6.09. The van der Waals surface area contributed by atoms with E-state index in [-0.39, 0.29) is 11.3 Å². The molecular weight excluding hydrogens is 302 g/mol. The number of hydrogen-bond acceptors (Lipinski definition) is 3. The number of benzene rings is 1. The molecule has 124 valence electrons. The normalized spacial score (nSPS) is 11.4. The smallest absolute Gasteiger partial charge is 0.266 e. The van der Waals surface area contributed by atoms with Crippen molar-refractivity contribution in [3.05, 3.63) is 52.9 Å². The van der Waals surface area contributed by atoms with Crippen molar-refractivity contribution in [2.75, 3.05) is 5.32 Å². The van der Waals surface area contributed by atoms with Crippen molar-refractivity contribution in [3.63, 3.8) is 0 Å². The van der Waals surface area contributed by atoms with Gasteiger partial charge in [-0.2, -0.15) is 5.26 Å². The summed E-state index contributed by atoms with van der Waals surface area (Å²) in [5.41, 5.74) is 3.52. The van der Waals surface area contributed by atoms with E-state index in [0.29, 0.717) is 11.7 Å². The largest absolute Gasteiger partial charge is 0.508 e. The fourth-order valence-electron chi connectivity index (χ4n) is 2.79. The molecule has 0 fully saturated rings. The molecule has 2 aromatic rings. The van der Waals surface area contributed by atoms with Gasteiger partial charge in [-0.25, -0.2) is 0 Å². The van der Waals surface area contributed by atoms with E-state index >= 15 is 0 Å². The van der Waals surface area contributed by atoms with Crippen molar-refractivity contribution in [2.45, 2.75) is 33.7 Å². The first-order valence-corrected chi connectivity index (χ1v) is 7.74. The van der Waals surface area contributed by atoms with Gasteiger partial charge in [0.05, 0.1) is 0 Å². The van der Waals surface area contributed by atoms with Crippen LogP contribution in [-0.4, -0.2) is 15.6 Å². The first kappa shape index (κ1) is 17.4. The van der Waals surface area contributed by atoms with Crippen LogP contribution in [-0.2, 0) is 4.79 Å². The lowest BCUT2D eigenvalue weighted by Crippen LogP contribution is -2.13. The zero-order valence-corrected chi connectivity index (χ0v) is 14.3. The second-order valence-corrected chi connectivity index (χ2v) is 5.96. The summed E-state index contributed by atoms with van der Waals surface area (Å²) in [6, 6.07) is 10.3. The van der Waals surface area contributed by atoms with E-state index in [0.717, 1.165) is 17.0 Å². The van der Waals surface area contributed by atoms with Crippen LogP contribution in [0, 0.1) is 25.2 Å². The van der Waals surface area contributed by atoms with Crippen molar-refractivity contribution in [1.29, 1.82) is 5.26 Å². The fourth-order valence-corrected chi connectivity index (χ4v) is 2.79. The summed E-state index contributed by atoms with van der Waals surface area (Å²) >= 11 is 0. The van der Waals surface area contributed by atoms with Crippen LogP contribution in [0.3, 0.4) is 0 Å². The van der Waals surface area contributed by atoms with Crippen molar-refractivity contribution in [2.24, 2.45) is 0 Å². The van der Waals surface area contributed by atoms with E-state index in [9.17, 15) is 15.2 Å². The maximum Gasteiger partial charge on any atom is 0.266 e. The Labute approximate surface area is 141 Å². The van der Waals surface area contributed by atoms with E-state index in [1.54, 1.807) is 18.2 Å². The summed E-state index contributed by atoms with van der Waals surface area (Å²) in [5.74, 6) is -0.359. The Morgan fingerprint density at radius 2 is 1.92 bits per heavy atom. The van der Waals surface area contributed by atoms with Gasteiger partial charge in [0.25, 0.3) is 5.91 Å². The van der Waals surface area contributed by atoms with Gasteiger partial charge in [-0.05, 0) is 69.7 Å². The maximum absolute atomic E-state index is 12.3. The van der Waals surface area contributed by atoms with Crippen LogP contribution in [0.4, 0.5) is 5.69 Å². The lowest BCUT2D eigenvalue weighted by molar-refractivity contribution is -0.112. The highest BCUT2D eigenvalue weighted by Gasteiger charge is 2.14. The van der Waals surface area contributed by atoms with Crippen molar-refractivity contribution < 1.29 is 9.90 Å². The molecule has 5 nitrogen and oxygen atoms in total. The van der Waals surface area contributed by atoms with Crippen LogP contribution in [0.5, 0.6) is 5.75 Å². The zero-order valence-electron chi connectivity index (χ0n) is 14.3. The molecule has 0 saturated heterocycles. The number of hydrogen-bond donors (Lipinski definition) is 2. The Morgan fingerprint density at radius 1 is 1.29 bits per heavy atom. The Hall–Kier alpha value is -3.00. The Kier molecular flexibility index (Phi) is 5.10. The number of carbonyl (C=O) groups is 1. The molecular formula is C19H21N3O2. The second-order valence-electron chi connectivity index (χ2n) is 5.96. The van der Waals surface area contributed by atoms with Crippen LogP contribution < -0.4 is 5.32 Å². The van der Waals surface area contributed by atoms with Crippen LogP contribution in [0.15, 0.2) is 35.9 Å². The number of rotatable bonds is 4. The molecule has 0 unspecified atom stereocenters. The molecule has 1 amide bonds. The first-order valence-electron chi connectivity index (χ1n) is 7.74. The third-order valence-electron chi connectivity index (χ3n) is 3.83. The number of nitrogens with one attached hydrogen (secondary N) is 1. The topological polar surface area (TPSA) is 78.1 Å². The van der Waals surface area contributed by atoms with Gasteiger partial charge in [0.2, 0.25) is 0 Å². The van der Waals surface area contributed by atoms with E-state index in [1.807, 2.05) is 26.0 Å². The summed E-state index contributed by atoms with van der Waals surface area (Å²) in [6.07, 6.45) is 1.61. The lowest BCUT2D eigenvalue weighted by Gasteiger charge is -2.13. The summed E-state index contributed by atoms with van der Waals surface area (Å²) in [4.78, 5) is 12.3. The zero-order chi connectivity index (χ0) is 17.9. The molecule has 5 heteroatoms. The molecule has 2 N–H and O–H groups in total. The quantitative estimate of drug-likeness (QED) is 0.508. The number of aromatic hydroxyl groups is 1.